The second kappa shape index (κ2) is 11.3. The minimum atomic E-state index is -0.431. The van der Waals surface area contributed by atoms with Gasteiger partial charge in [-0.15, -0.1) is 0 Å². The molecule has 0 saturated carbocycles. The molecule has 0 bridgehead atoms. The molecule has 0 aromatic heterocycles. The van der Waals surface area contributed by atoms with Gasteiger partial charge in [0.15, 0.2) is 0 Å². The lowest BCUT2D eigenvalue weighted by atomic mass is 9.83. The van der Waals surface area contributed by atoms with Crippen LogP contribution in [-0.2, 0) is 9.53 Å². The summed E-state index contributed by atoms with van der Waals surface area (Å²) in [7, 11) is 0. The van der Waals surface area contributed by atoms with Crippen LogP contribution < -0.4 is 0 Å². The fourth-order valence-corrected chi connectivity index (χ4v) is 4.45. The number of rotatable bonds is 6. The van der Waals surface area contributed by atoms with Gasteiger partial charge in [-0.2, -0.15) is 0 Å². The molecule has 1 aliphatic heterocycles. The maximum Gasteiger partial charge on any atom is 0.320 e. The normalized spacial score (nSPS) is 20.3. The van der Waals surface area contributed by atoms with Gasteiger partial charge in [0, 0.05) is 51.9 Å². The first-order valence-corrected chi connectivity index (χ1v) is 12.0. The Morgan fingerprint density at radius 3 is 1.80 bits per heavy atom. The largest absolute Gasteiger partial charge is 0.459 e. The monoisotopic (exact) mass is 425 g/mol. The van der Waals surface area contributed by atoms with Gasteiger partial charge in [-0.1, -0.05) is 54.9 Å². The summed E-state index contributed by atoms with van der Waals surface area (Å²) in [4.78, 5) is 20.1. The van der Waals surface area contributed by atoms with Gasteiger partial charge in [-0.25, -0.2) is 0 Å². The lowest BCUT2D eigenvalue weighted by molar-refractivity contribution is -0.156. The Morgan fingerprint density at radius 1 is 0.833 bits per heavy atom. The van der Waals surface area contributed by atoms with Gasteiger partial charge < -0.3 is 9.64 Å². The highest BCUT2D eigenvalue weighted by atomic mass is 16.6. The van der Waals surface area contributed by atoms with Crippen molar-refractivity contribution >= 4 is 5.97 Å². The fraction of sp³-hybridized carbons (Fsp3) is 0.960. The van der Waals surface area contributed by atoms with Crippen LogP contribution in [0.5, 0.6) is 0 Å². The quantitative estimate of drug-likeness (QED) is 0.585. The van der Waals surface area contributed by atoms with Crippen LogP contribution in [0.1, 0.15) is 82.1 Å². The summed E-state index contributed by atoms with van der Waals surface area (Å²) < 4.78 is 5.61. The maximum absolute atomic E-state index is 12.5. The van der Waals surface area contributed by atoms with Crippen LogP contribution in [0, 0.1) is 10.8 Å². The van der Waals surface area contributed by atoms with Gasteiger partial charge in [0.05, 0.1) is 6.54 Å². The zero-order valence-electron chi connectivity index (χ0n) is 21.8. The van der Waals surface area contributed by atoms with Crippen LogP contribution in [0.2, 0.25) is 0 Å². The van der Waals surface area contributed by atoms with E-state index in [-0.39, 0.29) is 16.8 Å². The number of esters is 1. The van der Waals surface area contributed by atoms with E-state index >= 15 is 0 Å². The Balaban J connectivity index is 2.99. The predicted octanol–water partition coefficient (Wildman–Crippen LogP) is 4.51. The van der Waals surface area contributed by atoms with Crippen molar-refractivity contribution in [1.29, 1.82) is 0 Å². The molecule has 5 heteroatoms. The Labute approximate surface area is 187 Å². The summed E-state index contributed by atoms with van der Waals surface area (Å²) in [5.41, 5.74) is 0.0795. The molecule has 1 saturated heterocycles. The Morgan fingerprint density at radius 2 is 1.33 bits per heavy atom. The molecule has 0 aromatic carbocycles. The van der Waals surface area contributed by atoms with Gasteiger partial charge in [-0.05, 0) is 38.0 Å². The number of ether oxygens (including phenoxy) is 1. The van der Waals surface area contributed by atoms with E-state index in [0.717, 1.165) is 45.8 Å². The van der Waals surface area contributed by atoms with E-state index in [2.05, 4.69) is 63.2 Å². The Hall–Kier alpha value is -0.650. The van der Waals surface area contributed by atoms with Crippen molar-refractivity contribution in [3.05, 3.63) is 0 Å². The van der Waals surface area contributed by atoms with Crippen molar-refractivity contribution in [2.75, 3.05) is 52.4 Å². The summed E-state index contributed by atoms with van der Waals surface area (Å²) in [5.74, 6) is -0.114. The van der Waals surface area contributed by atoms with Crippen molar-refractivity contribution in [3.8, 4) is 0 Å². The van der Waals surface area contributed by atoms with Gasteiger partial charge in [0.1, 0.15) is 5.60 Å². The highest BCUT2D eigenvalue weighted by Gasteiger charge is 2.31. The standard InChI is InChI=1S/C25H51N3O2/c1-11-12-21(24(5,6)7)28-17-15-26(19-22(29)30-25(8,9)10)13-14-27(16-18-28)20-23(2,3)4/h21H,11-20H2,1-10H3/t21-/m1/s1. The lowest BCUT2D eigenvalue weighted by Gasteiger charge is -2.41. The zero-order valence-corrected chi connectivity index (χ0v) is 21.8. The van der Waals surface area contributed by atoms with Crippen LogP contribution in [-0.4, -0.2) is 84.7 Å². The first-order chi connectivity index (χ1) is 13.6. The van der Waals surface area contributed by atoms with Crippen molar-refractivity contribution in [1.82, 2.24) is 14.7 Å². The van der Waals surface area contributed by atoms with Gasteiger partial charge in [0.2, 0.25) is 0 Å². The molecule has 0 aromatic rings. The molecule has 0 amide bonds. The first kappa shape index (κ1) is 27.4. The van der Waals surface area contributed by atoms with Gasteiger partial charge >= 0.3 is 5.97 Å². The van der Waals surface area contributed by atoms with E-state index < -0.39 is 5.60 Å². The second-order valence-corrected chi connectivity index (χ2v) is 12.4. The predicted molar refractivity (Wildman–Crippen MR) is 128 cm³/mol. The Bertz CT molecular complexity index is 514. The van der Waals surface area contributed by atoms with E-state index in [9.17, 15) is 4.79 Å². The Kier molecular flexibility index (Phi) is 10.3. The molecule has 0 unspecified atom stereocenters. The molecular formula is C25H51N3O2. The number of carbonyl (C=O) groups excluding carboxylic acids is 1. The van der Waals surface area contributed by atoms with Crippen molar-refractivity contribution < 1.29 is 9.53 Å². The van der Waals surface area contributed by atoms with E-state index in [1.54, 1.807) is 0 Å². The smallest absolute Gasteiger partial charge is 0.320 e. The molecule has 0 aliphatic carbocycles. The molecular weight excluding hydrogens is 374 g/mol. The number of hydrogen-bond acceptors (Lipinski definition) is 5. The highest BCUT2D eigenvalue weighted by molar-refractivity contribution is 5.72. The third-order valence-corrected chi connectivity index (χ3v) is 5.61. The molecule has 0 radical (unpaired) electrons. The van der Waals surface area contributed by atoms with E-state index in [1.807, 2.05) is 20.8 Å². The minimum absolute atomic E-state index is 0.114. The molecule has 1 rings (SSSR count). The average molecular weight is 426 g/mol. The summed E-state index contributed by atoms with van der Waals surface area (Å²) in [6.45, 7) is 29.6. The van der Waals surface area contributed by atoms with Crippen molar-refractivity contribution in [3.63, 3.8) is 0 Å². The van der Waals surface area contributed by atoms with Gasteiger partial charge in [0.25, 0.3) is 0 Å². The number of hydrogen-bond donors (Lipinski definition) is 0. The SMILES string of the molecule is CCC[C@@H](N1CCN(CC(=O)OC(C)(C)C)CCN(CC(C)(C)C)CC1)C(C)(C)C. The molecule has 1 atom stereocenters. The molecule has 0 N–H and O–H groups in total. The third-order valence-electron chi connectivity index (χ3n) is 5.61. The van der Waals surface area contributed by atoms with Crippen LogP contribution in [0.25, 0.3) is 0 Å². The summed E-state index contributed by atoms with van der Waals surface area (Å²) >= 11 is 0. The molecule has 1 fully saturated rings. The minimum Gasteiger partial charge on any atom is -0.459 e. The zero-order chi connectivity index (χ0) is 23.2. The molecule has 1 heterocycles. The summed E-state index contributed by atoms with van der Waals surface area (Å²) in [5, 5.41) is 0. The van der Waals surface area contributed by atoms with Crippen molar-refractivity contribution in [2.24, 2.45) is 10.8 Å². The van der Waals surface area contributed by atoms with Gasteiger partial charge in [-0.3, -0.25) is 14.6 Å². The van der Waals surface area contributed by atoms with E-state index in [0.29, 0.717) is 12.6 Å². The van der Waals surface area contributed by atoms with Crippen molar-refractivity contribution in [2.45, 2.75) is 93.7 Å². The molecule has 5 nitrogen and oxygen atoms in total. The third kappa shape index (κ3) is 11.1. The summed E-state index contributed by atoms with van der Waals surface area (Å²) in [6, 6.07) is 0.556. The molecule has 178 valence electrons. The molecule has 0 spiro atoms. The second-order valence-electron chi connectivity index (χ2n) is 12.4. The molecule has 30 heavy (non-hydrogen) atoms. The van der Waals surface area contributed by atoms with Crippen LogP contribution in [0.15, 0.2) is 0 Å². The highest BCUT2D eigenvalue weighted by Crippen LogP contribution is 2.28. The lowest BCUT2D eigenvalue weighted by Crippen LogP contribution is -2.49. The van der Waals surface area contributed by atoms with E-state index in [1.165, 1.54) is 12.8 Å². The number of nitrogens with zero attached hydrogens (tertiary/aromatic N) is 3. The topological polar surface area (TPSA) is 36.0 Å². The average Bonchev–Trinajstić information content (AvgIpc) is 2.61. The fourth-order valence-electron chi connectivity index (χ4n) is 4.45. The van der Waals surface area contributed by atoms with Crippen LogP contribution >= 0.6 is 0 Å². The summed E-state index contributed by atoms with van der Waals surface area (Å²) in [6.07, 6.45) is 2.42. The van der Waals surface area contributed by atoms with Crippen LogP contribution in [0.3, 0.4) is 0 Å². The molecule has 1 aliphatic rings. The van der Waals surface area contributed by atoms with E-state index in [4.69, 9.17) is 4.74 Å². The maximum atomic E-state index is 12.5. The van der Waals surface area contributed by atoms with Crippen LogP contribution in [0.4, 0.5) is 0 Å². The first-order valence-electron chi connectivity index (χ1n) is 12.0. The number of carbonyl (C=O) groups is 1.